The fourth-order valence-electron chi connectivity index (χ4n) is 1.44. The van der Waals surface area contributed by atoms with E-state index in [0.29, 0.717) is 5.76 Å². The van der Waals surface area contributed by atoms with Gasteiger partial charge in [-0.3, -0.25) is 0 Å². The Hall–Kier alpha value is -3.03. The smallest absolute Gasteiger partial charge is 0.335 e. The number of urea groups is 1. The van der Waals surface area contributed by atoms with E-state index in [2.05, 4.69) is 15.8 Å². The van der Waals surface area contributed by atoms with Crippen LogP contribution in [0, 0.1) is 0 Å². The summed E-state index contributed by atoms with van der Waals surface area (Å²) in [5.41, 5.74) is 0.0280. The first kappa shape index (κ1) is 13.4. The number of aromatic carboxylic acids is 1. The standard InChI is InChI=1S/C12H11N3O5/c16-10-5-7(11(17)18)1-2-9(10)15-12(19)13-6-8-3-4-14-20-8/h1-5,16H,6H2,(H,17,18)(H2,13,15,19). The van der Waals surface area contributed by atoms with E-state index in [1.165, 1.54) is 18.3 Å². The van der Waals surface area contributed by atoms with Crippen molar-refractivity contribution in [3.05, 3.63) is 41.8 Å². The number of aromatic hydroxyl groups is 1. The summed E-state index contributed by atoms with van der Waals surface area (Å²) >= 11 is 0. The molecule has 8 nitrogen and oxygen atoms in total. The van der Waals surface area contributed by atoms with Gasteiger partial charge in [-0.15, -0.1) is 0 Å². The second kappa shape index (κ2) is 5.74. The fraction of sp³-hybridized carbons (Fsp3) is 0.0833. The number of nitrogens with zero attached hydrogens (tertiary/aromatic N) is 1. The number of amides is 2. The number of phenolic OH excluding ortho intramolecular Hbond substituents is 1. The lowest BCUT2D eigenvalue weighted by Crippen LogP contribution is -2.28. The summed E-state index contributed by atoms with van der Waals surface area (Å²) in [4.78, 5) is 22.3. The number of carbonyl (C=O) groups is 2. The minimum atomic E-state index is -1.17. The number of anilines is 1. The molecule has 2 aromatic rings. The number of hydrogen-bond acceptors (Lipinski definition) is 5. The summed E-state index contributed by atoms with van der Waals surface area (Å²) in [5, 5.41) is 26.7. The zero-order valence-corrected chi connectivity index (χ0v) is 10.2. The molecule has 0 aliphatic carbocycles. The van der Waals surface area contributed by atoms with E-state index < -0.39 is 12.0 Å². The number of hydrogen-bond donors (Lipinski definition) is 4. The molecular formula is C12H11N3O5. The molecule has 0 unspecified atom stereocenters. The molecule has 0 fully saturated rings. The highest BCUT2D eigenvalue weighted by Crippen LogP contribution is 2.24. The summed E-state index contributed by atoms with van der Waals surface area (Å²) in [6, 6.07) is 4.65. The molecule has 0 saturated carbocycles. The summed E-state index contributed by atoms with van der Waals surface area (Å²) < 4.78 is 4.79. The highest BCUT2D eigenvalue weighted by molar-refractivity contribution is 5.93. The first-order valence-electron chi connectivity index (χ1n) is 5.57. The van der Waals surface area contributed by atoms with Gasteiger partial charge < -0.3 is 25.4 Å². The Morgan fingerprint density at radius 2 is 2.10 bits per heavy atom. The van der Waals surface area contributed by atoms with E-state index in [1.54, 1.807) is 6.07 Å². The van der Waals surface area contributed by atoms with E-state index >= 15 is 0 Å². The van der Waals surface area contributed by atoms with Crippen LogP contribution in [0.15, 0.2) is 35.0 Å². The molecule has 0 aliphatic heterocycles. The lowest BCUT2D eigenvalue weighted by atomic mass is 10.2. The highest BCUT2D eigenvalue weighted by atomic mass is 16.5. The van der Waals surface area contributed by atoms with Gasteiger partial charge >= 0.3 is 12.0 Å². The lowest BCUT2D eigenvalue weighted by molar-refractivity contribution is 0.0696. The molecule has 20 heavy (non-hydrogen) atoms. The van der Waals surface area contributed by atoms with E-state index in [0.717, 1.165) is 6.07 Å². The Bertz CT molecular complexity index is 624. The molecule has 2 rings (SSSR count). The number of nitrogens with one attached hydrogen (secondary N) is 2. The number of phenols is 1. The Balaban J connectivity index is 1.95. The van der Waals surface area contributed by atoms with Gasteiger partial charge in [-0.1, -0.05) is 5.16 Å². The third kappa shape index (κ3) is 3.25. The first-order valence-corrected chi connectivity index (χ1v) is 5.57. The number of benzene rings is 1. The number of aromatic nitrogens is 1. The highest BCUT2D eigenvalue weighted by Gasteiger charge is 2.10. The zero-order valence-electron chi connectivity index (χ0n) is 10.2. The second-order valence-corrected chi connectivity index (χ2v) is 3.82. The van der Waals surface area contributed by atoms with Crippen molar-refractivity contribution in [3.8, 4) is 5.75 Å². The first-order chi connectivity index (χ1) is 9.56. The normalized spacial score (nSPS) is 10.0. The Morgan fingerprint density at radius 3 is 2.70 bits per heavy atom. The summed E-state index contributed by atoms with van der Waals surface area (Å²) in [7, 11) is 0. The van der Waals surface area contributed by atoms with Gasteiger partial charge in [0.1, 0.15) is 5.75 Å². The molecule has 0 spiro atoms. The van der Waals surface area contributed by atoms with Crippen LogP contribution >= 0.6 is 0 Å². The summed E-state index contributed by atoms with van der Waals surface area (Å²) in [6.07, 6.45) is 1.45. The molecule has 1 aromatic carbocycles. The van der Waals surface area contributed by atoms with E-state index in [4.69, 9.17) is 9.63 Å². The molecule has 0 radical (unpaired) electrons. The molecule has 2 amide bonds. The van der Waals surface area contributed by atoms with Gasteiger partial charge in [-0.25, -0.2) is 9.59 Å². The molecule has 8 heteroatoms. The van der Waals surface area contributed by atoms with Gasteiger partial charge in [-0.2, -0.15) is 0 Å². The number of rotatable bonds is 4. The van der Waals surface area contributed by atoms with Gasteiger partial charge in [0.05, 0.1) is 24.0 Å². The average molecular weight is 277 g/mol. The van der Waals surface area contributed by atoms with Gasteiger partial charge in [0.15, 0.2) is 5.76 Å². The van der Waals surface area contributed by atoms with Gasteiger partial charge in [0.25, 0.3) is 0 Å². The van der Waals surface area contributed by atoms with Crippen LogP contribution in [0.5, 0.6) is 5.75 Å². The molecule has 1 heterocycles. The van der Waals surface area contributed by atoms with Crippen molar-refractivity contribution in [3.63, 3.8) is 0 Å². The van der Waals surface area contributed by atoms with Gasteiger partial charge in [0.2, 0.25) is 0 Å². The Kier molecular flexibility index (Phi) is 3.85. The lowest BCUT2D eigenvalue weighted by Gasteiger charge is -2.08. The molecule has 0 bridgehead atoms. The van der Waals surface area contributed by atoms with Crippen LogP contribution in [-0.2, 0) is 6.54 Å². The number of carboxylic acid groups (broad SMARTS) is 1. The maximum atomic E-state index is 11.6. The molecule has 1 aromatic heterocycles. The van der Waals surface area contributed by atoms with Crippen LogP contribution in [0.2, 0.25) is 0 Å². The zero-order chi connectivity index (χ0) is 14.5. The van der Waals surface area contributed by atoms with E-state index in [9.17, 15) is 14.7 Å². The Labute approximate surface area is 113 Å². The minimum absolute atomic E-state index is 0.0740. The van der Waals surface area contributed by atoms with E-state index in [1.807, 2.05) is 0 Å². The second-order valence-electron chi connectivity index (χ2n) is 3.82. The van der Waals surface area contributed by atoms with Gasteiger partial charge in [0, 0.05) is 6.07 Å². The van der Waals surface area contributed by atoms with Crippen LogP contribution in [0.1, 0.15) is 16.1 Å². The van der Waals surface area contributed by atoms with Crippen LogP contribution < -0.4 is 10.6 Å². The molecule has 104 valence electrons. The molecule has 0 aliphatic rings. The van der Waals surface area contributed by atoms with Crippen molar-refractivity contribution in [2.45, 2.75) is 6.54 Å². The van der Waals surface area contributed by atoms with Crippen molar-refractivity contribution < 1.29 is 24.3 Å². The van der Waals surface area contributed by atoms with Crippen molar-refractivity contribution in [1.29, 1.82) is 0 Å². The predicted molar refractivity (Wildman–Crippen MR) is 67.4 cm³/mol. The summed E-state index contributed by atoms with van der Waals surface area (Å²) in [6.45, 7) is 0.139. The van der Waals surface area contributed by atoms with Gasteiger partial charge in [-0.05, 0) is 18.2 Å². The molecular weight excluding hydrogens is 266 g/mol. The summed E-state index contributed by atoms with van der Waals surface area (Å²) in [5.74, 6) is -1.02. The molecule has 4 N–H and O–H groups in total. The molecule has 0 atom stereocenters. The van der Waals surface area contributed by atoms with Crippen LogP contribution in [0.4, 0.5) is 10.5 Å². The van der Waals surface area contributed by atoms with Crippen molar-refractivity contribution in [2.24, 2.45) is 0 Å². The third-order valence-corrected chi connectivity index (χ3v) is 2.41. The SMILES string of the molecule is O=C(NCc1ccno1)Nc1ccc(C(=O)O)cc1O. The third-order valence-electron chi connectivity index (χ3n) is 2.41. The maximum Gasteiger partial charge on any atom is 0.335 e. The quantitative estimate of drug-likeness (QED) is 0.626. The predicted octanol–water partition coefficient (Wildman–Crippen LogP) is 1.40. The number of carboxylic acids is 1. The minimum Gasteiger partial charge on any atom is -0.506 e. The monoisotopic (exact) mass is 277 g/mol. The van der Waals surface area contributed by atoms with E-state index in [-0.39, 0.29) is 23.5 Å². The van der Waals surface area contributed by atoms with Crippen molar-refractivity contribution in [1.82, 2.24) is 10.5 Å². The topological polar surface area (TPSA) is 125 Å². The van der Waals surface area contributed by atoms with Crippen LogP contribution in [0.25, 0.3) is 0 Å². The van der Waals surface area contributed by atoms with Crippen molar-refractivity contribution >= 4 is 17.7 Å². The number of carbonyl (C=O) groups excluding carboxylic acids is 1. The average Bonchev–Trinajstić information content (AvgIpc) is 2.91. The fourth-order valence-corrected chi connectivity index (χ4v) is 1.44. The maximum absolute atomic E-state index is 11.6. The van der Waals surface area contributed by atoms with Crippen molar-refractivity contribution in [2.75, 3.05) is 5.32 Å². The molecule has 0 saturated heterocycles. The van der Waals surface area contributed by atoms with Crippen LogP contribution in [-0.4, -0.2) is 27.4 Å². The van der Waals surface area contributed by atoms with Crippen LogP contribution in [0.3, 0.4) is 0 Å². The largest absolute Gasteiger partial charge is 0.506 e. The Morgan fingerprint density at radius 1 is 1.30 bits per heavy atom.